The van der Waals surface area contributed by atoms with Gasteiger partial charge in [0, 0.05) is 24.1 Å². The number of rotatable bonds is 14. The van der Waals surface area contributed by atoms with Crippen LogP contribution in [0.3, 0.4) is 0 Å². The number of carbonyl (C=O) groups is 2. The first-order valence-corrected chi connectivity index (χ1v) is 14.1. The average Bonchev–Trinajstić information content (AvgIpc) is 3.44. The fourth-order valence-corrected chi connectivity index (χ4v) is 6.22. The minimum Gasteiger partial charge on any atom is -0.476 e. The quantitative estimate of drug-likeness (QED) is 0.151. The lowest BCUT2D eigenvalue weighted by atomic mass is 10.1. The molecule has 3 heterocycles. The van der Waals surface area contributed by atoms with E-state index in [2.05, 4.69) is 9.97 Å². The van der Waals surface area contributed by atoms with Gasteiger partial charge in [0.1, 0.15) is 0 Å². The van der Waals surface area contributed by atoms with Gasteiger partial charge in [0.2, 0.25) is 11.9 Å². The third-order valence-electron chi connectivity index (χ3n) is 5.36. The van der Waals surface area contributed by atoms with Gasteiger partial charge in [-0.2, -0.15) is 4.39 Å². The fraction of sp³-hybridized carbons (Fsp3) is 0.478. The number of nitrogens with zero attached hydrogens (tertiary/aromatic N) is 3. The SMILES string of the molecule is O=C(O)c1csc(SCCN2C(=O)CC[C@@H]2/C=C/[C@@H](O)CCCCCSc2ccc(F)c(F)n2)n1. The molecule has 3 rings (SSSR count). The molecule has 0 spiro atoms. The number of pyridine rings is 1. The van der Waals surface area contributed by atoms with Gasteiger partial charge in [-0.05, 0) is 37.1 Å². The highest BCUT2D eigenvalue weighted by atomic mass is 32.2. The van der Waals surface area contributed by atoms with Gasteiger partial charge in [-0.1, -0.05) is 36.8 Å². The lowest BCUT2D eigenvalue weighted by Gasteiger charge is -2.22. The fourth-order valence-electron chi connectivity index (χ4n) is 3.54. The third kappa shape index (κ3) is 8.85. The van der Waals surface area contributed by atoms with Crippen LogP contribution < -0.4 is 0 Å². The van der Waals surface area contributed by atoms with Crippen molar-refractivity contribution in [3.8, 4) is 0 Å². The van der Waals surface area contributed by atoms with Crippen LogP contribution in [0.4, 0.5) is 8.78 Å². The molecule has 190 valence electrons. The summed E-state index contributed by atoms with van der Waals surface area (Å²) < 4.78 is 26.7. The van der Waals surface area contributed by atoms with Crippen LogP contribution in [-0.2, 0) is 4.79 Å². The van der Waals surface area contributed by atoms with Crippen LogP contribution in [0, 0.1) is 11.8 Å². The summed E-state index contributed by atoms with van der Waals surface area (Å²) in [5, 5.41) is 21.2. The molecule has 0 saturated carbocycles. The van der Waals surface area contributed by atoms with E-state index in [1.807, 2.05) is 6.08 Å². The number of halogens is 2. The van der Waals surface area contributed by atoms with E-state index in [0.717, 1.165) is 31.1 Å². The van der Waals surface area contributed by atoms with Crippen molar-refractivity contribution in [3.05, 3.63) is 47.1 Å². The van der Waals surface area contributed by atoms with E-state index < -0.39 is 23.8 Å². The highest BCUT2D eigenvalue weighted by Crippen LogP contribution is 2.25. The van der Waals surface area contributed by atoms with E-state index in [9.17, 15) is 23.5 Å². The van der Waals surface area contributed by atoms with Crippen LogP contribution >= 0.6 is 34.9 Å². The molecule has 2 aromatic heterocycles. The molecule has 1 fully saturated rings. The number of carboxylic acids is 1. The predicted octanol–water partition coefficient (Wildman–Crippen LogP) is 4.87. The van der Waals surface area contributed by atoms with Crippen molar-refractivity contribution in [2.45, 2.75) is 60.0 Å². The predicted molar refractivity (Wildman–Crippen MR) is 133 cm³/mol. The first-order valence-electron chi connectivity index (χ1n) is 11.3. The minimum atomic E-state index is -1.08. The van der Waals surface area contributed by atoms with Crippen molar-refractivity contribution in [3.63, 3.8) is 0 Å². The zero-order valence-corrected chi connectivity index (χ0v) is 21.4. The normalized spacial score (nSPS) is 16.9. The van der Waals surface area contributed by atoms with E-state index in [1.54, 1.807) is 11.0 Å². The number of carbonyl (C=O) groups excluding carboxylic acids is 1. The van der Waals surface area contributed by atoms with Crippen LogP contribution in [-0.4, -0.2) is 67.2 Å². The second-order valence-electron chi connectivity index (χ2n) is 7.92. The number of amides is 1. The average molecular weight is 544 g/mol. The maximum absolute atomic E-state index is 13.1. The molecule has 0 unspecified atom stereocenters. The Labute approximate surface area is 215 Å². The molecule has 12 heteroatoms. The number of aliphatic hydroxyl groups is 1. The van der Waals surface area contributed by atoms with Gasteiger partial charge in [-0.15, -0.1) is 23.1 Å². The summed E-state index contributed by atoms with van der Waals surface area (Å²) in [6, 6.07) is 2.48. The molecular weight excluding hydrogens is 516 g/mol. The van der Waals surface area contributed by atoms with E-state index >= 15 is 0 Å². The van der Waals surface area contributed by atoms with Crippen LogP contribution in [0.5, 0.6) is 0 Å². The Hall–Kier alpha value is -2.02. The van der Waals surface area contributed by atoms with Crippen molar-refractivity contribution >= 4 is 46.7 Å². The van der Waals surface area contributed by atoms with Crippen LogP contribution in [0.15, 0.2) is 39.0 Å². The molecule has 1 aliphatic heterocycles. The van der Waals surface area contributed by atoms with Crippen LogP contribution in [0.25, 0.3) is 0 Å². The number of carboxylic acid groups (broad SMARTS) is 1. The van der Waals surface area contributed by atoms with Crippen molar-refractivity contribution in [1.29, 1.82) is 0 Å². The Kier molecular flexibility index (Phi) is 11.0. The van der Waals surface area contributed by atoms with E-state index in [0.29, 0.717) is 40.9 Å². The smallest absolute Gasteiger partial charge is 0.355 e. The van der Waals surface area contributed by atoms with Gasteiger partial charge >= 0.3 is 5.97 Å². The Bertz CT molecular complexity index is 1040. The number of likely N-dealkylation sites (tertiary alicyclic amines) is 1. The number of unbranched alkanes of at least 4 members (excludes halogenated alkanes) is 2. The van der Waals surface area contributed by atoms with Gasteiger partial charge in [-0.25, -0.2) is 19.2 Å². The van der Waals surface area contributed by atoms with E-state index in [-0.39, 0.29) is 17.6 Å². The topological polar surface area (TPSA) is 104 Å². The highest BCUT2D eigenvalue weighted by Gasteiger charge is 2.28. The summed E-state index contributed by atoms with van der Waals surface area (Å²) in [5.41, 5.74) is 0.0311. The molecule has 2 aromatic rings. The maximum Gasteiger partial charge on any atom is 0.355 e. The van der Waals surface area contributed by atoms with Gasteiger partial charge in [0.25, 0.3) is 0 Å². The number of thioether (sulfide) groups is 2. The second-order valence-corrected chi connectivity index (χ2v) is 11.2. The highest BCUT2D eigenvalue weighted by molar-refractivity contribution is 8.01. The number of aliphatic hydroxyl groups excluding tert-OH is 1. The number of aromatic nitrogens is 2. The molecule has 1 amide bonds. The standard InChI is InChI=1S/C23H27F2N3O4S3/c24-17-8-9-19(27-21(17)25)33-12-3-1-2-4-16(29)7-5-15-6-10-20(30)28(15)11-13-34-23-26-18(14-35-23)22(31)32/h5,7-9,14-16,29H,1-4,6,10-13H2,(H,31,32)/b7-5+/t15-,16-/m0/s1. The molecule has 7 nitrogen and oxygen atoms in total. The molecule has 0 radical (unpaired) electrons. The summed E-state index contributed by atoms with van der Waals surface area (Å²) in [4.78, 5) is 32.6. The molecule has 2 atom stereocenters. The molecule has 35 heavy (non-hydrogen) atoms. The molecule has 1 aliphatic rings. The minimum absolute atomic E-state index is 0.0311. The molecule has 0 bridgehead atoms. The number of hydrogen-bond donors (Lipinski definition) is 2. The van der Waals surface area contributed by atoms with Crippen LogP contribution in [0.1, 0.15) is 49.0 Å². The number of thiazole rings is 1. The van der Waals surface area contributed by atoms with E-state index in [1.165, 1.54) is 46.3 Å². The second kappa shape index (κ2) is 13.9. The lowest BCUT2D eigenvalue weighted by Crippen LogP contribution is -2.33. The van der Waals surface area contributed by atoms with Crippen molar-refractivity contribution < 1.29 is 28.6 Å². The number of aromatic carboxylic acids is 1. The van der Waals surface area contributed by atoms with Gasteiger partial charge in [0.15, 0.2) is 15.9 Å². The van der Waals surface area contributed by atoms with Crippen LogP contribution in [0.2, 0.25) is 0 Å². The van der Waals surface area contributed by atoms with E-state index in [4.69, 9.17) is 5.11 Å². The maximum atomic E-state index is 13.1. The zero-order chi connectivity index (χ0) is 25.2. The Morgan fingerprint density at radius 1 is 1.23 bits per heavy atom. The van der Waals surface area contributed by atoms with Gasteiger partial charge in [-0.3, -0.25) is 4.79 Å². The van der Waals surface area contributed by atoms with Crippen molar-refractivity contribution in [2.24, 2.45) is 0 Å². The molecule has 1 saturated heterocycles. The molecular formula is C23H27F2N3O4S3. The first kappa shape index (κ1) is 27.6. The lowest BCUT2D eigenvalue weighted by molar-refractivity contribution is -0.128. The summed E-state index contributed by atoms with van der Waals surface area (Å²) >= 11 is 4.08. The first-order chi connectivity index (χ1) is 16.8. The summed E-state index contributed by atoms with van der Waals surface area (Å²) in [6.07, 6.45) is 7.45. The summed E-state index contributed by atoms with van der Waals surface area (Å²) in [5.74, 6) is -1.66. The van der Waals surface area contributed by atoms with Gasteiger partial charge < -0.3 is 15.1 Å². The van der Waals surface area contributed by atoms with Crippen molar-refractivity contribution in [1.82, 2.24) is 14.9 Å². The van der Waals surface area contributed by atoms with Crippen molar-refractivity contribution in [2.75, 3.05) is 18.1 Å². The molecule has 0 aromatic carbocycles. The largest absolute Gasteiger partial charge is 0.476 e. The Morgan fingerprint density at radius 2 is 2.06 bits per heavy atom. The molecule has 2 N–H and O–H groups in total. The van der Waals surface area contributed by atoms with Gasteiger partial charge in [0.05, 0.1) is 17.2 Å². The monoisotopic (exact) mass is 543 g/mol. The number of hydrogen-bond acceptors (Lipinski definition) is 8. The zero-order valence-electron chi connectivity index (χ0n) is 18.9. The summed E-state index contributed by atoms with van der Waals surface area (Å²) in [6.45, 7) is 0.529. The Balaban J connectivity index is 1.32. The Morgan fingerprint density at radius 3 is 2.80 bits per heavy atom. The summed E-state index contributed by atoms with van der Waals surface area (Å²) in [7, 11) is 0. The molecule has 0 aliphatic carbocycles. The third-order valence-corrected chi connectivity index (χ3v) is 8.38.